The molecule has 1 aliphatic heterocycles. The predicted molar refractivity (Wildman–Crippen MR) is 123 cm³/mol. The molecule has 0 saturated carbocycles. The maximum absolute atomic E-state index is 13.9. The number of aromatic nitrogens is 2. The van der Waals surface area contributed by atoms with Crippen LogP contribution in [0.2, 0.25) is 0 Å². The molecule has 1 fully saturated rings. The quantitative estimate of drug-likeness (QED) is 0.416. The van der Waals surface area contributed by atoms with Gasteiger partial charge < -0.3 is 19.2 Å². The lowest BCUT2D eigenvalue weighted by Crippen LogP contribution is -2.31. The fourth-order valence-electron chi connectivity index (χ4n) is 4.03. The van der Waals surface area contributed by atoms with Gasteiger partial charge in [-0.05, 0) is 48.7 Å². The normalized spacial score (nSPS) is 17.0. The molecule has 0 bridgehead atoms. The SMILES string of the molecule is COC(=O)/C=C/c1cc(OC)c(OC)c(S(=O)(=O)N2CCCC2c2nc3ccccc3[nH]2)c1. The van der Waals surface area contributed by atoms with E-state index in [1.807, 2.05) is 24.3 Å². The van der Waals surface area contributed by atoms with Gasteiger partial charge in [0.05, 0.1) is 38.4 Å². The summed E-state index contributed by atoms with van der Waals surface area (Å²) >= 11 is 0. The van der Waals surface area contributed by atoms with E-state index in [2.05, 4.69) is 14.7 Å². The van der Waals surface area contributed by atoms with Crippen molar-refractivity contribution >= 4 is 33.1 Å². The van der Waals surface area contributed by atoms with E-state index in [1.165, 1.54) is 43.9 Å². The molecule has 1 unspecified atom stereocenters. The second kappa shape index (κ2) is 9.24. The van der Waals surface area contributed by atoms with Crippen LogP contribution in [-0.2, 0) is 19.6 Å². The highest BCUT2D eigenvalue weighted by Gasteiger charge is 2.40. The molecule has 0 amide bonds. The number of esters is 1. The lowest BCUT2D eigenvalue weighted by molar-refractivity contribution is -0.134. The number of sulfonamides is 1. The number of imidazole rings is 1. The first-order valence-corrected chi connectivity index (χ1v) is 11.8. The summed E-state index contributed by atoms with van der Waals surface area (Å²) in [6.07, 6.45) is 4.01. The van der Waals surface area contributed by atoms with Crippen LogP contribution in [0, 0.1) is 0 Å². The van der Waals surface area contributed by atoms with E-state index in [4.69, 9.17) is 9.47 Å². The summed E-state index contributed by atoms with van der Waals surface area (Å²) in [4.78, 5) is 19.4. The zero-order chi connectivity index (χ0) is 23.6. The first-order chi connectivity index (χ1) is 15.9. The van der Waals surface area contributed by atoms with Gasteiger partial charge in [0.1, 0.15) is 10.7 Å². The summed E-state index contributed by atoms with van der Waals surface area (Å²) in [7, 11) is 0.0856. The van der Waals surface area contributed by atoms with Gasteiger partial charge in [-0.15, -0.1) is 0 Å². The first-order valence-electron chi connectivity index (χ1n) is 10.4. The Bertz CT molecular complexity index is 1280. The molecule has 2 heterocycles. The second-order valence-corrected chi connectivity index (χ2v) is 9.38. The van der Waals surface area contributed by atoms with Crippen LogP contribution in [0.5, 0.6) is 11.5 Å². The number of carbonyl (C=O) groups is 1. The molecule has 0 aliphatic carbocycles. The van der Waals surface area contributed by atoms with E-state index < -0.39 is 22.0 Å². The van der Waals surface area contributed by atoms with Crippen LogP contribution in [0.3, 0.4) is 0 Å². The zero-order valence-corrected chi connectivity index (χ0v) is 19.4. The third-order valence-corrected chi connectivity index (χ3v) is 7.51. The lowest BCUT2D eigenvalue weighted by Gasteiger charge is -2.24. The third-order valence-electron chi connectivity index (χ3n) is 5.59. The number of nitrogens with one attached hydrogen (secondary N) is 1. The van der Waals surface area contributed by atoms with Crippen molar-refractivity contribution in [1.82, 2.24) is 14.3 Å². The van der Waals surface area contributed by atoms with E-state index in [9.17, 15) is 13.2 Å². The molecule has 9 nitrogen and oxygen atoms in total. The topological polar surface area (TPSA) is 111 Å². The third kappa shape index (κ3) is 4.31. The number of H-pyrrole nitrogens is 1. The Morgan fingerprint density at radius 2 is 1.97 bits per heavy atom. The summed E-state index contributed by atoms with van der Waals surface area (Å²) in [6, 6.07) is 10.2. The minimum absolute atomic E-state index is 0.0446. The van der Waals surface area contributed by atoms with Crippen molar-refractivity contribution in [2.45, 2.75) is 23.8 Å². The van der Waals surface area contributed by atoms with Gasteiger partial charge in [-0.2, -0.15) is 4.31 Å². The van der Waals surface area contributed by atoms with Crippen LogP contribution in [0.1, 0.15) is 30.3 Å². The number of carbonyl (C=O) groups excluding carboxylic acids is 1. The number of aromatic amines is 1. The molecule has 2 aromatic carbocycles. The van der Waals surface area contributed by atoms with Crippen molar-refractivity contribution in [2.24, 2.45) is 0 Å². The van der Waals surface area contributed by atoms with Gasteiger partial charge >= 0.3 is 5.97 Å². The van der Waals surface area contributed by atoms with Crippen LogP contribution in [0.4, 0.5) is 0 Å². The molecule has 1 N–H and O–H groups in total. The number of methoxy groups -OCH3 is 3. The molecule has 1 atom stereocenters. The van der Waals surface area contributed by atoms with E-state index in [-0.39, 0.29) is 16.4 Å². The molecular weight excluding hydrogens is 446 g/mol. The average Bonchev–Trinajstić information content (AvgIpc) is 3.49. The molecule has 10 heteroatoms. The highest BCUT2D eigenvalue weighted by molar-refractivity contribution is 7.89. The highest BCUT2D eigenvalue weighted by atomic mass is 32.2. The number of para-hydroxylation sites is 2. The monoisotopic (exact) mass is 471 g/mol. The predicted octanol–water partition coefficient (Wildman–Crippen LogP) is 3.29. The van der Waals surface area contributed by atoms with Crippen LogP contribution >= 0.6 is 0 Å². The van der Waals surface area contributed by atoms with E-state index in [1.54, 1.807) is 6.07 Å². The van der Waals surface area contributed by atoms with Crippen molar-refractivity contribution < 1.29 is 27.4 Å². The minimum Gasteiger partial charge on any atom is -0.493 e. The van der Waals surface area contributed by atoms with Crippen molar-refractivity contribution in [2.75, 3.05) is 27.9 Å². The lowest BCUT2D eigenvalue weighted by atomic mass is 10.2. The van der Waals surface area contributed by atoms with Crippen LogP contribution in [-0.4, -0.2) is 56.5 Å². The molecule has 1 aliphatic rings. The molecular formula is C23H25N3O6S. The van der Waals surface area contributed by atoms with Gasteiger partial charge in [-0.3, -0.25) is 0 Å². The first kappa shape index (κ1) is 22.8. The number of hydrogen-bond acceptors (Lipinski definition) is 7. The van der Waals surface area contributed by atoms with E-state index in [0.29, 0.717) is 30.8 Å². The largest absolute Gasteiger partial charge is 0.493 e. The smallest absolute Gasteiger partial charge is 0.330 e. The number of hydrogen-bond donors (Lipinski definition) is 1. The van der Waals surface area contributed by atoms with E-state index >= 15 is 0 Å². The molecule has 174 valence electrons. The van der Waals surface area contributed by atoms with Crippen LogP contribution < -0.4 is 9.47 Å². The fourth-order valence-corrected chi connectivity index (χ4v) is 5.89. The van der Waals surface area contributed by atoms with Crippen LogP contribution in [0.25, 0.3) is 17.1 Å². The summed E-state index contributed by atoms with van der Waals surface area (Å²) in [6.45, 7) is 0.345. The number of fused-ring (bicyclic) bond motifs is 1. The standard InChI is InChI=1S/C23H25N3O6S/c1-30-19-13-15(10-11-21(27)31-2)14-20(22(19)32-3)33(28,29)26-12-6-9-18(26)23-24-16-7-4-5-8-17(16)25-23/h4-5,7-8,10-11,13-14,18H,6,9,12H2,1-3H3,(H,24,25)/b11-10+. The maximum Gasteiger partial charge on any atom is 0.330 e. The Labute approximate surface area is 192 Å². The Balaban J connectivity index is 1.78. The molecule has 0 spiro atoms. The average molecular weight is 472 g/mol. The summed E-state index contributed by atoms with van der Waals surface area (Å²) < 4.78 is 44.6. The van der Waals surface area contributed by atoms with Crippen LogP contribution in [0.15, 0.2) is 47.4 Å². The zero-order valence-electron chi connectivity index (χ0n) is 18.6. The number of rotatable bonds is 7. The molecule has 1 saturated heterocycles. The number of ether oxygens (including phenoxy) is 3. The number of nitrogens with zero attached hydrogens (tertiary/aromatic N) is 2. The summed E-state index contributed by atoms with van der Waals surface area (Å²) in [5.41, 5.74) is 2.09. The second-order valence-electron chi connectivity index (χ2n) is 7.52. The highest BCUT2D eigenvalue weighted by Crippen LogP contribution is 2.42. The molecule has 33 heavy (non-hydrogen) atoms. The molecule has 4 rings (SSSR count). The minimum atomic E-state index is -4.00. The molecule has 1 aromatic heterocycles. The Kier molecular flexibility index (Phi) is 6.39. The van der Waals surface area contributed by atoms with Crippen molar-refractivity contribution in [3.63, 3.8) is 0 Å². The molecule has 0 radical (unpaired) electrons. The van der Waals surface area contributed by atoms with Gasteiger partial charge in [-0.25, -0.2) is 18.2 Å². The maximum atomic E-state index is 13.9. The van der Waals surface area contributed by atoms with Crippen molar-refractivity contribution in [3.05, 3.63) is 53.9 Å². The van der Waals surface area contributed by atoms with Crippen molar-refractivity contribution in [3.8, 4) is 11.5 Å². The van der Waals surface area contributed by atoms with Gasteiger partial charge in [0.2, 0.25) is 10.0 Å². The summed E-state index contributed by atoms with van der Waals surface area (Å²) in [5.74, 6) is 0.384. The van der Waals surface area contributed by atoms with Gasteiger partial charge in [-0.1, -0.05) is 12.1 Å². The van der Waals surface area contributed by atoms with Gasteiger partial charge in [0.15, 0.2) is 11.5 Å². The van der Waals surface area contributed by atoms with Gasteiger partial charge in [0, 0.05) is 12.6 Å². The van der Waals surface area contributed by atoms with E-state index in [0.717, 1.165) is 11.0 Å². The summed E-state index contributed by atoms with van der Waals surface area (Å²) in [5, 5.41) is 0. The Morgan fingerprint density at radius 3 is 2.67 bits per heavy atom. The Morgan fingerprint density at radius 1 is 1.18 bits per heavy atom. The van der Waals surface area contributed by atoms with Crippen molar-refractivity contribution in [1.29, 1.82) is 0 Å². The fraction of sp³-hybridized carbons (Fsp3) is 0.304. The van der Waals surface area contributed by atoms with Gasteiger partial charge in [0.25, 0.3) is 0 Å². The number of benzene rings is 2. The Hall–Kier alpha value is -3.37. The molecule has 3 aromatic rings.